The predicted octanol–water partition coefficient (Wildman–Crippen LogP) is 5.60. The number of benzene rings is 1. The molecular weight excluding hydrogens is 306 g/mol. The van der Waals surface area contributed by atoms with Gasteiger partial charge in [0.1, 0.15) is 12.0 Å². The van der Waals surface area contributed by atoms with E-state index in [0.717, 1.165) is 0 Å². The molecule has 1 aromatic heterocycles. The second kappa shape index (κ2) is 6.62. The van der Waals surface area contributed by atoms with Gasteiger partial charge in [-0.05, 0) is 48.4 Å². The van der Waals surface area contributed by atoms with Crippen LogP contribution in [-0.4, -0.2) is 22.7 Å². The summed E-state index contributed by atoms with van der Waals surface area (Å²) < 4.78 is 2.40. The van der Waals surface area contributed by atoms with Gasteiger partial charge in [0.25, 0.3) is 0 Å². The maximum absolute atomic E-state index is 2.40. The van der Waals surface area contributed by atoms with Crippen LogP contribution < -0.4 is 4.90 Å². The Kier molecular flexibility index (Phi) is 4.68. The van der Waals surface area contributed by atoms with Crippen molar-refractivity contribution in [3.05, 3.63) is 59.6 Å². The lowest BCUT2D eigenvalue weighted by molar-refractivity contribution is 0.381. The van der Waals surface area contributed by atoms with E-state index in [2.05, 4.69) is 106 Å². The molecule has 1 atom stereocenters. The average Bonchev–Trinajstić information content (AvgIpc) is 3.09. The van der Waals surface area contributed by atoms with Gasteiger partial charge in [0, 0.05) is 25.6 Å². The Morgan fingerprint density at radius 3 is 2.00 bits per heavy atom. The zero-order valence-electron chi connectivity index (χ0n) is 16.6. The molecule has 1 aliphatic rings. The van der Waals surface area contributed by atoms with Crippen molar-refractivity contribution < 1.29 is 0 Å². The lowest BCUT2D eigenvalue weighted by atomic mass is 9.92. The third kappa shape index (κ3) is 2.97. The quantitative estimate of drug-likeness (QED) is 0.719. The molecule has 0 spiro atoms. The summed E-state index contributed by atoms with van der Waals surface area (Å²) >= 11 is 0. The minimum Gasteiger partial charge on any atom is -0.359 e. The maximum atomic E-state index is 2.40. The van der Waals surface area contributed by atoms with E-state index < -0.39 is 0 Å². The van der Waals surface area contributed by atoms with Crippen LogP contribution in [0.2, 0.25) is 0 Å². The SMILES string of the molecule is Cc1ccn(-c2c(C(C)C)cccc2C(C)C)c1N1C=CN(C)[C@@H]1C. The van der Waals surface area contributed by atoms with Crippen molar-refractivity contribution in [1.29, 1.82) is 0 Å². The lowest BCUT2D eigenvalue weighted by Gasteiger charge is -2.30. The van der Waals surface area contributed by atoms with Crippen molar-refractivity contribution in [2.24, 2.45) is 0 Å². The highest BCUT2D eigenvalue weighted by Gasteiger charge is 2.26. The summed E-state index contributed by atoms with van der Waals surface area (Å²) in [6.07, 6.45) is 6.90. The molecule has 0 N–H and O–H groups in total. The van der Waals surface area contributed by atoms with Crippen LogP contribution in [0.3, 0.4) is 0 Å². The number of aromatic nitrogens is 1. The second-order valence-corrected chi connectivity index (χ2v) is 7.79. The van der Waals surface area contributed by atoms with Gasteiger partial charge in [-0.25, -0.2) is 0 Å². The first-order chi connectivity index (χ1) is 11.8. The van der Waals surface area contributed by atoms with E-state index in [-0.39, 0.29) is 0 Å². The zero-order chi connectivity index (χ0) is 18.3. The normalized spacial score (nSPS) is 17.4. The molecule has 25 heavy (non-hydrogen) atoms. The van der Waals surface area contributed by atoms with Gasteiger partial charge in [0.2, 0.25) is 0 Å². The number of hydrogen-bond donors (Lipinski definition) is 0. The van der Waals surface area contributed by atoms with E-state index >= 15 is 0 Å². The van der Waals surface area contributed by atoms with Crippen LogP contribution in [0, 0.1) is 6.92 Å². The van der Waals surface area contributed by atoms with E-state index in [1.807, 2.05) is 0 Å². The standard InChI is InChI=1S/C22H31N3/c1-15(2)19-9-8-10-20(16(3)4)21(19)25-12-11-17(5)22(25)24-14-13-23(7)18(24)6/h8-16,18H,1-7H3/t18-/m0/s1. The van der Waals surface area contributed by atoms with Crippen LogP contribution in [0.15, 0.2) is 42.9 Å². The molecule has 134 valence electrons. The summed E-state index contributed by atoms with van der Waals surface area (Å²) in [5.41, 5.74) is 5.48. The Balaban J connectivity index is 2.24. The number of aryl methyl sites for hydroxylation is 1. The van der Waals surface area contributed by atoms with Gasteiger partial charge >= 0.3 is 0 Å². The molecule has 0 saturated heterocycles. The number of hydrogen-bond acceptors (Lipinski definition) is 2. The molecule has 1 aliphatic heterocycles. The van der Waals surface area contributed by atoms with Crippen molar-refractivity contribution in [2.45, 2.75) is 59.5 Å². The highest BCUT2D eigenvalue weighted by atomic mass is 15.4. The largest absolute Gasteiger partial charge is 0.359 e. The Morgan fingerprint density at radius 1 is 0.920 bits per heavy atom. The van der Waals surface area contributed by atoms with Gasteiger partial charge in [0.15, 0.2) is 0 Å². The van der Waals surface area contributed by atoms with E-state index in [0.29, 0.717) is 18.0 Å². The van der Waals surface area contributed by atoms with Gasteiger partial charge in [-0.3, -0.25) is 0 Å². The van der Waals surface area contributed by atoms with Gasteiger partial charge in [-0.1, -0.05) is 45.9 Å². The van der Waals surface area contributed by atoms with Gasteiger partial charge in [-0.2, -0.15) is 0 Å². The summed E-state index contributed by atoms with van der Waals surface area (Å²) in [5.74, 6) is 2.24. The minimum atomic E-state index is 0.320. The Morgan fingerprint density at radius 2 is 1.52 bits per heavy atom. The van der Waals surface area contributed by atoms with Crippen LogP contribution in [0.5, 0.6) is 0 Å². The predicted molar refractivity (Wildman–Crippen MR) is 108 cm³/mol. The summed E-state index contributed by atoms with van der Waals surface area (Å²) in [6, 6.07) is 8.99. The molecule has 3 nitrogen and oxygen atoms in total. The maximum Gasteiger partial charge on any atom is 0.121 e. The van der Waals surface area contributed by atoms with Crippen molar-refractivity contribution in [2.75, 3.05) is 11.9 Å². The van der Waals surface area contributed by atoms with E-state index in [9.17, 15) is 0 Å². The van der Waals surface area contributed by atoms with E-state index in [1.54, 1.807) is 0 Å². The highest BCUT2D eigenvalue weighted by molar-refractivity contribution is 5.62. The van der Waals surface area contributed by atoms with Crippen LogP contribution in [-0.2, 0) is 0 Å². The van der Waals surface area contributed by atoms with Crippen molar-refractivity contribution in [1.82, 2.24) is 9.47 Å². The molecule has 0 aliphatic carbocycles. The molecule has 0 bridgehead atoms. The summed E-state index contributed by atoms with van der Waals surface area (Å²) in [4.78, 5) is 4.62. The highest BCUT2D eigenvalue weighted by Crippen LogP contribution is 2.37. The van der Waals surface area contributed by atoms with E-state index in [4.69, 9.17) is 0 Å². The molecule has 1 aromatic carbocycles. The first-order valence-electron chi connectivity index (χ1n) is 9.32. The van der Waals surface area contributed by atoms with Crippen molar-refractivity contribution in [3.8, 4) is 5.69 Å². The van der Waals surface area contributed by atoms with Crippen LogP contribution >= 0.6 is 0 Å². The first-order valence-corrected chi connectivity index (χ1v) is 9.32. The smallest absolute Gasteiger partial charge is 0.121 e. The topological polar surface area (TPSA) is 11.4 Å². The number of anilines is 1. The molecule has 0 unspecified atom stereocenters. The fourth-order valence-electron chi connectivity index (χ4n) is 3.69. The van der Waals surface area contributed by atoms with Crippen molar-refractivity contribution >= 4 is 5.82 Å². The average molecular weight is 338 g/mol. The molecule has 0 fully saturated rings. The fourth-order valence-corrected chi connectivity index (χ4v) is 3.69. The molecule has 2 aromatic rings. The first kappa shape index (κ1) is 17.7. The number of rotatable bonds is 4. The zero-order valence-corrected chi connectivity index (χ0v) is 16.6. The monoisotopic (exact) mass is 337 g/mol. The third-order valence-corrected chi connectivity index (χ3v) is 5.34. The molecule has 0 saturated carbocycles. The summed E-state index contributed by atoms with van der Waals surface area (Å²) in [6.45, 7) is 13.6. The lowest BCUT2D eigenvalue weighted by Crippen LogP contribution is -2.35. The summed E-state index contributed by atoms with van der Waals surface area (Å²) in [5, 5.41) is 0. The third-order valence-electron chi connectivity index (χ3n) is 5.34. The Labute approximate surface area is 152 Å². The Bertz CT molecular complexity index is 756. The molecule has 3 heteroatoms. The molecular formula is C22H31N3. The second-order valence-electron chi connectivity index (χ2n) is 7.79. The van der Waals surface area contributed by atoms with Gasteiger partial charge in [0.05, 0.1) is 5.69 Å². The molecule has 0 radical (unpaired) electrons. The summed E-state index contributed by atoms with van der Waals surface area (Å²) in [7, 11) is 2.13. The van der Waals surface area contributed by atoms with E-state index in [1.165, 1.54) is 28.2 Å². The van der Waals surface area contributed by atoms with Crippen LogP contribution in [0.4, 0.5) is 5.82 Å². The van der Waals surface area contributed by atoms with Gasteiger partial charge in [-0.15, -0.1) is 0 Å². The number of para-hydroxylation sites is 1. The van der Waals surface area contributed by atoms with Crippen LogP contribution in [0.25, 0.3) is 5.69 Å². The molecule has 3 rings (SSSR count). The Hall–Kier alpha value is -2.16. The van der Waals surface area contributed by atoms with Gasteiger partial charge < -0.3 is 14.4 Å². The fraction of sp³-hybridized carbons (Fsp3) is 0.455. The number of nitrogens with zero attached hydrogens (tertiary/aromatic N) is 3. The molecule has 0 amide bonds. The minimum absolute atomic E-state index is 0.320. The van der Waals surface area contributed by atoms with Crippen molar-refractivity contribution in [3.63, 3.8) is 0 Å². The molecule has 2 heterocycles. The van der Waals surface area contributed by atoms with Crippen LogP contribution in [0.1, 0.15) is 63.1 Å².